The van der Waals surface area contributed by atoms with Crippen LogP contribution in [0, 0.1) is 0 Å². The molecule has 0 saturated carbocycles. The monoisotopic (exact) mass is 243 g/mol. The number of halogens is 1. The van der Waals surface area contributed by atoms with Crippen LogP contribution in [-0.4, -0.2) is 28.0 Å². The minimum absolute atomic E-state index is 0.209. The number of anilines is 1. The van der Waals surface area contributed by atoms with Crippen molar-refractivity contribution in [3.8, 4) is 5.88 Å². The molecule has 1 aromatic heterocycles. The van der Waals surface area contributed by atoms with Gasteiger partial charge < -0.3 is 10.1 Å². The maximum absolute atomic E-state index is 5.82. The maximum Gasteiger partial charge on any atom is 0.234 e. The fraction of sp³-hybridized carbons (Fsp3) is 0.636. The van der Waals surface area contributed by atoms with E-state index in [1.165, 1.54) is 0 Å². The van der Waals surface area contributed by atoms with Gasteiger partial charge in [0.25, 0.3) is 0 Å². The number of rotatable bonds is 6. The molecule has 0 atom stereocenters. The van der Waals surface area contributed by atoms with Gasteiger partial charge in [-0.3, -0.25) is 4.98 Å². The lowest BCUT2D eigenvalue weighted by atomic mass is 10.1. The molecule has 0 aliphatic carbocycles. The van der Waals surface area contributed by atoms with Crippen LogP contribution in [0.1, 0.15) is 27.2 Å². The summed E-state index contributed by atoms with van der Waals surface area (Å²) in [6.45, 7) is 6.70. The minimum atomic E-state index is -0.209. The van der Waals surface area contributed by atoms with E-state index in [4.69, 9.17) is 16.3 Å². The van der Waals surface area contributed by atoms with E-state index < -0.39 is 0 Å². The van der Waals surface area contributed by atoms with E-state index in [9.17, 15) is 0 Å². The number of nitrogens with zero attached hydrogens (tertiary/aromatic N) is 2. The first-order chi connectivity index (χ1) is 7.57. The number of hydrogen-bond donors (Lipinski definition) is 1. The Labute approximate surface area is 101 Å². The SMILES string of the molecule is CCCOc1cncc(NC(C)(C)CCl)n1. The summed E-state index contributed by atoms with van der Waals surface area (Å²) < 4.78 is 5.40. The normalized spacial score (nSPS) is 11.2. The molecule has 0 bridgehead atoms. The molecule has 0 unspecified atom stereocenters. The molecule has 90 valence electrons. The van der Waals surface area contributed by atoms with Gasteiger partial charge in [0.1, 0.15) is 5.82 Å². The van der Waals surface area contributed by atoms with Gasteiger partial charge in [-0.1, -0.05) is 6.92 Å². The molecule has 1 rings (SSSR count). The summed E-state index contributed by atoms with van der Waals surface area (Å²) in [5.41, 5.74) is -0.209. The predicted octanol–water partition coefficient (Wildman–Crippen LogP) is 2.69. The second-order valence-corrected chi connectivity index (χ2v) is 4.50. The topological polar surface area (TPSA) is 47.0 Å². The van der Waals surface area contributed by atoms with Crippen LogP contribution in [0.15, 0.2) is 12.4 Å². The summed E-state index contributed by atoms with van der Waals surface area (Å²) in [5, 5.41) is 3.20. The van der Waals surface area contributed by atoms with Crippen molar-refractivity contribution >= 4 is 17.4 Å². The summed E-state index contributed by atoms with van der Waals surface area (Å²) in [4.78, 5) is 8.35. The van der Waals surface area contributed by atoms with Crippen LogP contribution in [0.4, 0.5) is 5.82 Å². The molecule has 1 heterocycles. The first kappa shape index (κ1) is 13.0. The van der Waals surface area contributed by atoms with Gasteiger partial charge in [-0.25, -0.2) is 0 Å². The summed E-state index contributed by atoms with van der Waals surface area (Å²) in [6, 6.07) is 0. The predicted molar refractivity (Wildman–Crippen MR) is 66.2 cm³/mol. The highest BCUT2D eigenvalue weighted by Gasteiger charge is 2.16. The standard InChI is InChI=1S/C11H18ClN3O/c1-4-5-16-10-7-13-6-9(14-10)15-11(2,3)8-12/h6-7H,4-5,8H2,1-3H3,(H,14,15). The van der Waals surface area contributed by atoms with Crippen LogP contribution in [0.5, 0.6) is 5.88 Å². The second-order valence-electron chi connectivity index (χ2n) is 4.23. The largest absolute Gasteiger partial charge is 0.477 e. The third-order valence-corrected chi connectivity index (χ3v) is 2.54. The highest BCUT2D eigenvalue weighted by atomic mass is 35.5. The number of alkyl halides is 1. The van der Waals surface area contributed by atoms with Gasteiger partial charge in [-0.15, -0.1) is 11.6 Å². The maximum atomic E-state index is 5.82. The Bertz CT molecular complexity index is 331. The Hall–Kier alpha value is -1.03. The minimum Gasteiger partial charge on any atom is -0.477 e. The molecule has 0 fully saturated rings. The molecule has 5 heteroatoms. The second kappa shape index (κ2) is 5.89. The van der Waals surface area contributed by atoms with Crippen molar-refractivity contribution in [3.63, 3.8) is 0 Å². The molecule has 0 spiro atoms. The first-order valence-corrected chi connectivity index (χ1v) is 5.90. The number of nitrogens with one attached hydrogen (secondary N) is 1. The van der Waals surface area contributed by atoms with Crippen molar-refractivity contribution in [1.82, 2.24) is 9.97 Å². The van der Waals surface area contributed by atoms with Crippen LogP contribution >= 0.6 is 11.6 Å². The molecule has 0 aliphatic heterocycles. The van der Waals surface area contributed by atoms with Gasteiger partial charge in [0.15, 0.2) is 0 Å². The van der Waals surface area contributed by atoms with E-state index in [0.717, 1.165) is 6.42 Å². The van der Waals surface area contributed by atoms with Crippen molar-refractivity contribution in [2.45, 2.75) is 32.7 Å². The summed E-state index contributed by atoms with van der Waals surface area (Å²) in [7, 11) is 0. The molecule has 1 aromatic rings. The zero-order chi connectivity index (χ0) is 12.0. The quantitative estimate of drug-likeness (QED) is 0.781. The summed E-state index contributed by atoms with van der Waals surface area (Å²) in [5.74, 6) is 1.71. The van der Waals surface area contributed by atoms with Crippen molar-refractivity contribution in [2.75, 3.05) is 17.8 Å². The Balaban J connectivity index is 2.67. The van der Waals surface area contributed by atoms with E-state index in [2.05, 4.69) is 15.3 Å². The van der Waals surface area contributed by atoms with Crippen molar-refractivity contribution in [1.29, 1.82) is 0 Å². The van der Waals surface area contributed by atoms with Crippen LogP contribution in [0.25, 0.3) is 0 Å². The van der Waals surface area contributed by atoms with Crippen LogP contribution in [0.2, 0.25) is 0 Å². The van der Waals surface area contributed by atoms with Crippen LogP contribution in [0.3, 0.4) is 0 Å². The van der Waals surface area contributed by atoms with Gasteiger partial charge in [0.05, 0.1) is 19.0 Å². The molecule has 0 saturated heterocycles. The van der Waals surface area contributed by atoms with Gasteiger partial charge in [-0.2, -0.15) is 4.98 Å². The third kappa shape index (κ3) is 4.23. The number of aromatic nitrogens is 2. The van der Waals surface area contributed by atoms with Crippen LogP contribution < -0.4 is 10.1 Å². The zero-order valence-corrected chi connectivity index (χ0v) is 10.7. The fourth-order valence-electron chi connectivity index (χ4n) is 1.06. The Morgan fingerprint density at radius 1 is 1.44 bits per heavy atom. The number of hydrogen-bond acceptors (Lipinski definition) is 4. The van der Waals surface area contributed by atoms with Gasteiger partial charge in [-0.05, 0) is 20.3 Å². The van der Waals surface area contributed by atoms with Crippen molar-refractivity contribution in [2.24, 2.45) is 0 Å². The van der Waals surface area contributed by atoms with E-state index in [0.29, 0.717) is 24.2 Å². The zero-order valence-electron chi connectivity index (χ0n) is 9.96. The molecule has 0 radical (unpaired) electrons. The smallest absolute Gasteiger partial charge is 0.234 e. The highest BCUT2D eigenvalue weighted by molar-refractivity contribution is 6.18. The van der Waals surface area contributed by atoms with E-state index >= 15 is 0 Å². The molecule has 0 aromatic carbocycles. The first-order valence-electron chi connectivity index (χ1n) is 5.36. The third-order valence-electron chi connectivity index (χ3n) is 1.87. The molecule has 16 heavy (non-hydrogen) atoms. The van der Waals surface area contributed by atoms with Crippen LogP contribution in [-0.2, 0) is 0 Å². The van der Waals surface area contributed by atoms with Crippen molar-refractivity contribution < 1.29 is 4.74 Å². The Morgan fingerprint density at radius 3 is 2.81 bits per heavy atom. The fourth-order valence-corrected chi connectivity index (χ4v) is 1.13. The average Bonchev–Trinajstić information content (AvgIpc) is 2.26. The van der Waals surface area contributed by atoms with E-state index in [1.54, 1.807) is 12.4 Å². The lowest BCUT2D eigenvalue weighted by molar-refractivity contribution is 0.304. The molecule has 1 N–H and O–H groups in total. The molecule has 4 nitrogen and oxygen atoms in total. The van der Waals surface area contributed by atoms with E-state index in [-0.39, 0.29) is 5.54 Å². The van der Waals surface area contributed by atoms with Gasteiger partial charge in [0, 0.05) is 11.4 Å². The molecular weight excluding hydrogens is 226 g/mol. The lowest BCUT2D eigenvalue weighted by Crippen LogP contribution is -2.33. The number of ether oxygens (including phenoxy) is 1. The molecule has 0 aliphatic rings. The lowest BCUT2D eigenvalue weighted by Gasteiger charge is -2.23. The van der Waals surface area contributed by atoms with Gasteiger partial charge in [0.2, 0.25) is 5.88 Å². The Morgan fingerprint density at radius 2 is 2.19 bits per heavy atom. The summed E-state index contributed by atoms with van der Waals surface area (Å²) in [6.07, 6.45) is 4.22. The average molecular weight is 244 g/mol. The Kier molecular flexibility index (Phi) is 4.80. The highest BCUT2D eigenvalue weighted by Crippen LogP contribution is 2.15. The van der Waals surface area contributed by atoms with Gasteiger partial charge >= 0.3 is 0 Å². The molecule has 0 amide bonds. The molecular formula is C11H18ClN3O. The summed E-state index contributed by atoms with van der Waals surface area (Å²) >= 11 is 5.82. The van der Waals surface area contributed by atoms with E-state index in [1.807, 2.05) is 20.8 Å². The van der Waals surface area contributed by atoms with Crippen molar-refractivity contribution in [3.05, 3.63) is 12.4 Å².